The normalized spacial score (nSPS) is 20.9. The summed E-state index contributed by atoms with van der Waals surface area (Å²) in [5.74, 6) is 0.400. The van der Waals surface area contributed by atoms with Gasteiger partial charge in [0.25, 0.3) is 5.91 Å². The van der Waals surface area contributed by atoms with E-state index < -0.39 is 0 Å². The lowest BCUT2D eigenvalue weighted by Crippen LogP contribution is -2.26. The zero-order valence-corrected chi connectivity index (χ0v) is 11.8. The number of halogens is 1. The Balaban J connectivity index is 1.62. The van der Waals surface area contributed by atoms with Gasteiger partial charge in [0.05, 0.1) is 5.56 Å². The highest BCUT2D eigenvalue weighted by atomic mass is 79.9. The van der Waals surface area contributed by atoms with E-state index >= 15 is 0 Å². The zero-order chi connectivity index (χ0) is 13.2. The quantitative estimate of drug-likeness (QED) is 0.884. The Morgan fingerprint density at radius 3 is 2.68 bits per heavy atom. The van der Waals surface area contributed by atoms with Crippen molar-refractivity contribution in [1.82, 2.24) is 10.3 Å². The molecule has 0 bridgehead atoms. The molecule has 1 amide bonds. The van der Waals surface area contributed by atoms with Crippen LogP contribution in [0.25, 0.3) is 0 Å². The lowest BCUT2D eigenvalue weighted by atomic mass is 10.1. The summed E-state index contributed by atoms with van der Waals surface area (Å²) >= 11 is 3.26. The van der Waals surface area contributed by atoms with Gasteiger partial charge in [-0.3, -0.25) is 4.79 Å². The van der Waals surface area contributed by atoms with Crippen molar-refractivity contribution in [2.45, 2.75) is 18.4 Å². The number of nitrogens with zero attached hydrogens (tertiary/aromatic N) is 1. The number of aromatic nitrogens is 1. The standard InChI is InChI=1S/C15H13BrN2O/c16-14-7-6-11(9-17-14)15(19)18-13-8-12(13)10-4-2-1-3-5-10/h1-7,9,12-13H,8H2,(H,18,19). The third kappa shape index (κ3) is 2.84. The summed E-state index contributed by atoms with van der Waals surface area (Å²) in [4.78, 5) is 16.1. The molecule has 1 saturated carbocycles. The fraction of sp³-hybridized carbons (Fsp3) is 0.200. The van der Waals surface area contributed by atoms with Crippen molar-refractivity contribution in [2.24, 2.45) is 0 Å². The van der Waals surface area contributed by atoms with Crippen LogP contribution in [0.2, 0.25) is 0 Å². The topological polar surface area (TPSA) is 42.0 Å². The minimum absolute atomic E-state index is 0.0524. The smallest absolute Gasteiger partial charge is 0.253 e. The molecule has 1 N–H and O–H groups in total. The second kappa shape index (κ2) is 5.13. The van der Waals surface area contributed by atoms with Crippen molar-refractivity contribution in [1.29, 1.82) is 0 Å². The van der Waals surface area contributed by atoms with Gasteiger partial charge in [-0.05, 0) is 40.0 Å². The second-order valence-electron chi connectivity index (χ2n) is 4.70. The summed E-state index contributed by atoms with van der Waals surface area (Å²) < 4.78 is 0.734. The van der Waals surface area contributed by atoms with Gasteiger partial charge >= 0.3 is 0 Å². The Morgan fingerprint density at radius 2 is 2.00 bits per heavy atom. The number of carbonyl (C=O) groups is 1. The Bertz CT molecular complexity index is 583. The van der Waals surface area contributed by atoms with Gasteiger partial charge in [0.2, 0.25) is 0 Å². The van der Waals surface area contributed by atoms with Gasteiger partial charge in [-0.1, -0.05) is 30.3 Å². The van der Waals surface area contributed by atoms with E-state index in [-0.39, 0.29) is 11.9 Å². The number of hydrogen-bond acceptors (Lipinski definition) is 2. The van der Waals surface area contributed by atoms with Crippen LogP contribution in [-0.4, -0.2) is 16.9 Å². The van der Waals surface area contributed by atoms with Crippen LogP contribution in [-0.2, 0) is 0 Å². The molecule has 1 heterocycles. The average Bonchev–Trinajstić information content (AvgIpc) is 3.20. The molecular weight excluding hydrogens is 304 g/mol. The lowest BCUT2D eigenvalue weighted by Gasteiger charge is -2.04. The van der Waals surface area contributed by atoms with Crippen LogP contribution >= 0.6 is 15.9 Å². The molecule has 2 unspecified atom stereocenters. The largest absolute Gasteiger partial charge is 0.349 e. The maximum Gasteiger partial charge on any atom is 0.253 e. The molecule has 19 heavy (non-hydrogen) atoms. The maximum atomic E-state index is 12.0. The lowest BCUT2D eigenvalue weighted by molar-refractivity contribution is 0.0950. The second-order valence-corrected chi connectivity index (χ2v) is 5.51. The van der Waals surface area contributed by atoms with Gasteiger partial charge in [-0.2, -0.15) is 0 Å². The molecule has 1 aromatic carbocycles. The number of amides is 1. The van der Waals surface area contributed by atoms with Crippen LogP contribution in [0.1, 0.15) is 28.3 Å². The number of carbonyl (C=O) groups excluding carboxylic acids is 1. The summed E-state index contributed by atoms with van der Waals surface area (Å²) in [7, 11) is 0. The third-order valence-electron chi connectivity index (χ3n) is 3.32. The maximum absolute atomic E-state index is 12.0. The Kier molecular flexibility index (Phi) is 3.34. The average molecular weight is 317 g/mol. The Morgan fingerprint density at radius 1 is 1.21 bits per heavy atom. The molecule has 3 rings (SSSR count). The molecular formula is C15H13BrN2O. The molecule has 0 saturated heterocycles. The number of hydrogen-bond donors (Lipinski definition) is 1. The molecule has 1 aromatic heterocycles. The summed E-state index contributed by atoms with van der Waals surface area (Å²) in [5, 5.41) is 3.04. The molecule has 3 nitrogen and oxygen atoms in total. The van der Waals surface area contributed by atoms with Gasteiger partial charge in [-0.15, -0.1) is 0 Å². The number of rotatable bonds is 3. The van der Waals surface area contributed by atoms with Crippen LogP contribution in [0.5, 0.6) is 0 Å². The van der Waals surface area contributed by atoms with Crippen molar-refractivity contribution in [2.75, 3.05) is 0 Å². The first-order valence-corrected chi connectivity index (χ1v) is 7.01. The molecule has 4 heteroatoms. The van der Waals surface area contributed by atoms with E-state index in [1.54, 1.807) is 18.3 Å². The van der Waals surface area contributed by atoms with E-state index in [0.29, 0.717) is 11.5 Å². The number of nitrogens with one attached hydrogen (secondary N) is 1. The van der Waals surface area contributed by atoms with Gasteiger partial charge < -0.3 is 5.32 Å². The molecule has 1 aliphatic carbocycles. The molecule has 2 aromatic rings. The minimum atomic E-state index is -0.0524. The summed E-state index contributed by atoms with van der Waals surface area (Å²) in [6, 6.07) is 14.1. The molecule has 96 valence electrons. The first kappa shape index (κ1) is 12.4. The fourth-order valence-electron chi connectivity index (χ4n) is 2.19. The summed E-state index contributed by atoms with van der Waals surface area (Å²) in [6.45, 7) is 0. The summed E-state index contributed by atoms with van der Waals surface area (Å²) in [6.07, 6.45) is 2.60. The van der Waals surface area contributed by atoms with E-state index in [0.717, 1.165) is 11.0 Å². The van der Waals surface area contributed by atoms with Crippen molar-refractivity contribution in [3.63, 3.8) is 0 Å². The van der Waals surface area contributed by atoms with Gasteiger partial charge in [-0.25, -0.2) is 4.98 Å². The molecule has 0 radical (unpaired) electrons. The zero-order valence-electron chi connectivity index (χ0n) is 10.2. The van der Waals surface area contributed by atoms with Crippen LogP contribution in [0.15, 0.2) is 53.3 Å². The highest BCUT2D eigenvalue weighted by Crippen LogP contribution is 2.40. The summed E-state index contributed by atoms with van der Waals surface area (Å²) in [5.41, 5.74) is 1.89. The highest BCUT2D eigenvalue weighted by Gasteiger charge is 2.39. The monoisotopic (exact) mass is 316 g/mol. The van der Waals surface area contributed by atoms with E-state index in [2.05, 4.69) is 38.4 Å². The molecule has 0 spiro atoms. The Labute approximate surface area is 120 Å². The van der Waals surface area contributed by atoms with Crippen molar-refractivity contribution in [3.8, 4) is 0 Å². The van der Waals surface area contributed by atoms with Crippen LogP contribution in [0.3, 0.4) is 0 Å². The van der Waals surface area contributed by atoms with Crippen LogP contribution in [0.4, 0.5) is 0 Å². The Hall–Kier alpha value is -1.68. The van der Waals surface area contributed by atoms with Crippen molar-refractivity contribution >= 4 is 21.8 Å². The fourth-order valence-corrected chi connectivity index (χ4v) is 2.42. The van der Waals surface area contributed by atoms with Crippen molar-refractivity contribution < 1.29 is 4.79 Å². The highest BCUT2D eigenvalue weighted by molar-refractivity contribution is 9.10. The predicted octanol–water partition coefficient (Wildman–Crippen LogP) is 3.13. The molecule has 2 atom stereocenters. The third-order valence-corrected chi connectivity index (χ3v) is 3.79. The van der Waals surface area contributed by atoms with E-state index in [9.17, 15) is 4.79 Å². The number of pyridine rings is 1. The SMILES string of the molecule is O=C(NC1CC1c1ccccc1)c1ccc(Br)nc1. The van der Waals surface area contributed by atoms with E-state index in [4.69, 9.17) is 0 Å². The number of benzene rings is 1. The first-order valence-electron chi connectivity index (χ1n) is 6.21. The molecule has 0 aliphatic heterocycles. The van der Waals surface area contributed by atoms with E-state index in [1.807, 2.05) is 18.2 Å². The van der Waals surface area contributed by atoms with Crippen LogP contribution < -0.4 is 5.32 Å². The van der Waals surface area contributed by atoms with E-state index in [1.165, 1.54) is 5.56 Å². The van der Waals surface area contributed by atoms with Gasteiger partial charge in [0, 0.05) is 18.2 Å². The molecule has 1 aliphatic rings. The van der Waals surface area contributed by atoms with Gasteiger partial charge in [0.15, 0.2) is 0 Å². The molecule has 1 fully saturated rings. The van der Waals surface area contributed by atoms with Crippen LogP contribution in [0, 0.1) is 0 Å². The van der Waals surface area contributed by atoms with Gasteiger partial charge in [0.1, 0.15) is 4.60 Å². The minimum Gasteiger partial charge on any atom is -0.349 e. The first-order chi connectivity index (χ1) is 9.24. The predicted molar refractivity (Wildman–Crippen MR) is 77.0 cm³/mol. The van der Waals surface area contributed by atoms with Crippen molar-refractivity contribution in [3.05, 3.63) is 64.4 Å².